The highest BCUT2D eigenvalue weighted by Crippen LogP contribution is 2.27. The molecule has 1 unspecified atom stereocenters. The van der Waals surface area contributed by atoms with Crippen LogP contribution in [0.25, 0.3) is 0 Å². The molecule has 1 aromatic rings. The second kappa shape index (κ2) is 6.19. The number of halogens is 1. The lowest BCUT2D eigenvalue weighted by atomic mass is 9.96. The Morgan fingerprint density at radius 1 is 1.53 bits per heavy atom. The fourth-order valence-corrected chi connectivity index (χ4v) is 2.62. The standard InChI is InChI=1S/C14H16BrNO3/c1-2-19-14(18)12-7-4-8-16(13(12)17)11-6-3-5-10(15)9-11/h3,5-6,9,12H,2,4,7-8H2,1H3. The fourth-order valence-electron chi connectivity index (χ4n) is 2.24. The second-order valence-corrected chi connectivity index (χ2v) is 5.33. The summed E-state index contributed by atoms with van der Waals surface area (Å²) in [6.45, 7) is 2.70. The van der Waals surface area contributed by atoms with Crippen LogP contribution >= 0.6 is 15.9 Å². The number of amides is 1. The molecule has 1 amide bonds. The first-order chi connectivity index (χ1) is 9.13. The van der Waals surface area contributed by atoms with Crippen molar-refractivity contribution in [2.45, 2.75) is 19.8 Å². The minimum absolute atomic E-state index is 0.164. The van der Waals surface area contributed by atoms with Gasteiger partial charge in [0.25, 0.3) is 0 Å². The zero-order valence-electron chi connectivity index (χ0n) is 10.8. The van der Waals surface area contributed by atoms with Crippen molar-refractivity contribution in [2.24, 2.45) is 5.92 Å². The Hall–Kier alpha value is -1.36. The van der Waals surface area contributed by atoms with Crippen molar-refractivity contribution in [1.29, 1.82) is 0 Å². The average molecular weight is 326 g/mol. The van der Waals surface area contributed by atoms with Crippen molar-refractivity contribution in [3.8, 4) is 0 Å². The summed E-state index contributed by atoms with van der Waals surface area (Å²) in [6, 6.07) is 7.53. The monoisotopic (exact) mass is 325 g/mol. The van der Waals surface area contributed by atoms with Crippen LogP contribution in [0, 0.1) is 5.92 Å². The highest BCUT2D eigenvalue weighted by Gasteiger charge is 2.35. The van der Waals surface area contributed by atoms with Crippen LogP contribution in [0.15, 0.2) is 28.7 Å². The summed E-state index contributed by atoms with van der Waals surface area (Å²) in [6.07, 6.45) is 1.38. The summed E-state index contributed by atoms with van der Waals surface area (Å²) in [5.74, 6) is -1.23. The quantitative estimate of drug-likeness (QED) is 0.634. The first-order valence-corrected chi connectivity index (χ1v) is 7.16. The van der Waals surface area contributed by atoms with E-state index in [9.17, 15) is 9.59 Å². The molecule has 4 nitrogen and oxygen atoms in total. The van der Waals surface area contributed by atoms with Gasteiger partial charge in [-0.2, -0.15) is 0 Å². The molecular formula is C14H16BrNO3. The predicted octanol–water partition coefficient (Wildman–Crippen LogP) is 2.76. The number of ether oxygens (including phenoxy) is 1. The van der Waals surface area contributed by atoms with Gasteiger partial charge >= 0.3 is 5.97 Å². The second-order valence-electron chi connectivity index (χ2n) is 4.42. The fraction of sp³-hybridized carbons (Fsp3) is 0.429. The van der Waals surface area contributed by atoms with Gasteiger partial charge in [-0.15, -0.1) is 0 Å². The maximum absolute atomic E-state index is 12.4. The third-order valence-corrected chi connectivity index (χ3v) is 3.62. The van der Waals surface area contributed by atoms with Crippen molar-refractivity contribution < 1.29 is 14.3 Å². The predicted molar refractivity (Wildman–Crippen MR) is 75.9 cm³/mol. The van der Waals surface area contributed by atoms with E-state index < -0.39 is 11.9 Å². The molecule has 0 N–H and O–H groups in total. The molecular weight excluding hydrogens is 310 g/mol. The molecule has 1 aliphatic heterocycles. The van der Waals surface area contributed by atoms with Crippen LogP contribution in [0.4, 0.5) is 5.69 Å². The lowest BCUT2D eigenvalue weighted by Crippen LogP contribution is -2.44. The third kappa shape index (κ3) is 3.15. The van der Waals surface area contributed by atoms with Crippen molar-refractivity contribution in [3.05, 3.63) is 28.7 Å². The minimum Gasteiger partial charge on any atom is -0.465 e. The van der Waals surface area contributed by atoms with E-state index in [1.165, 1.54) is 0 Å². The number of esters is 1. The minimum atomic E-state index is -0.660. The van der Waals surface area contributed by atoms with E-state index in [0.717, 1.165) is 16.6 Å². The van der Waals surface area contributed by atoms with E-state index in [1.807, 2.05) is 24.3 Å². The molecule has 0 saturated carbocycles. The van der Waals surface area contributed by atoms with Crippen LogP contribution in [0.1, 0.15) is 19.8 Å². The molecule has 1 atom stereocenters. The van der Waals surface area contributed by atoms with E-state index in [-0.39, 0.29) is 5.91 Å². The molecule has 5 heteroatoms. The molecule has 102 valence electrons. The lowest BCUT2D eigenvalue weighted by Gasteiger charge is -2.31. The lowest BCUT2D eigenvalue weighted by molar-refractivity contribution is -0.152. The van der Waals surface area contributed by atoms with Gasteiger partial charge in [0.1, 0.15) is 5.92 Å². The third-order valence-electron chi connectivity index (χ3n) is 3.13. The summed E-state index contributed by atoms with van der Waals surface area (Å²) < 4.78 is 5.88. The molecule has 19 heavy (non-hydrogen) atoms. The number of piperidine rings is 1. The topological polar surface area (TPSA) is 46.6 Å². The number of carbonyl (C=O) groups excluding carboxylic acids is 2. The molecule has 1 saturated heterocycles. The van der Waals surface area contributed by atoms with Gasteiger partial charge in [0.05, 0.1) is 6.61 Å². The Kier molecular flexibility index (Phi) is 4.58. The van der Waals surface area contributed by atoms with Gasteiger partial charge in [0.15, 0.2) is 0 Å². The van der Waals surface area contributed by atoms with Crippen LogP contribution in [0.5, 0.6) is 0 Å². The van der Waals surface area contributed by atoms with Gasteiger partial charge in [0.2, 0.25) is 5.91 Å². The first kappa shape index (κ1) is 14.1. The molecule has 1 aromatic carbocycles. The average Bonchev–Trinajstić information content (AvgIpc) is 2.39. The van der Waals surface area contributed by atoms with Crippen molar-refractivity contribution in [2.75, 3.05) is 18.1 Å². The SMILES string of the molecule is CCOC(=O)C1CCCN(c2cccc(Br)c2)C1=O. The molecule has 1 heterocycles. The summed E-state index contributed by atoms with van der Waals surface area (Å²) in [7, 11) is 0. The number of rotatable bonds is 3. The normalized spacial score (nSPS) is 19.4. The molecule has 0 bridgehead atoms. The van der Waals surface area contributed by atoms with Gasteiger partial charge in [-0.1, -0.05) is 22.0 Å². The van der Waals surface area contributed by atoms with E-state index in [4.69, 9.17) is 4.74 Å². The Balaban J connectivity index is 2.18. The number of nitrogens with zero attached hydrogens (tertiary/aromatic N) is 1. The van der Waals surface area contributed by atoms with Gasteiger partial charge in [0, 0.05) is 16.7 Å². The Morgan fingerprint density at radius 3 is 3.00 bits per heavy atom. The number of carbonyl (C=O) groups is 2. The zero-order valence-corrected chi connectivity index (χ0v) is 12.4. The van der Waals surface area contributed by atoms with Crippen LogP contribution in [-0.2, 0) is 14.3 Å². The largest absolute Gasteiger partial charge is 0.465 e. The highest BCUT2D eigenvalue weighted by molar-refractivity contribution is 9.10. The summed E-state index contributed by atoms with van der Waals surface area (Å²) in [4.78, 5) is 25.8. The van der Waals surface area contributed by atoms with Crippen molar-refractivity contribution in [3.63, 3.8) is 0 Å². The number of anilines is 1. The van der Waals surface area contributed by atoms with E-state index in [0.29, 0.717) is 19.6 Å². The van der Waals surface area contributed by atoms with Gasteiger partial charge in [-0.3, -0.25) is 9.59 Å². The molecule has 0 aliphatic carbocycles. The molecule has 0 aromatic heterocycles. The molecule has 2 rings (SSSR count). The first-order valence-electron chi connectivity index (χ1n) is 6.37. The van der Waals surface area contributed by atoms with Crippen LogP contribution in [0.2, 0.25) is 0 Å². The van der Waals surface area contributed by atoms with Crippen molar-refractivity contribution >= 4 is 33.5 Å². The maximum atomic E-state index is 12.4. The van der Waals surface area contributed by atoms with Gasteiger partial charge in [-0.25, -0.2) is 0 Å². The summed E-state index contributed by atoms with van der Waals surface area (Å²) in [5.41, 5.74) is 0.813. The van der Waals surface area contributed by atoms with E-state index in [1.54, 1.807) is 11.8 Å². The molecule has 0 spiro atoms. The van der Waals surface area contributed by atoms with Crippen LogP contribution in [0.3, 0.4) is 0 Å². The maximum Gasteiger partial charge on any atom is 0.318 e. The Bertz CT molecular complexity index is 489. The van der Waals surface area contributed by atoms with Gasteiger partial charge < -0.3 is 9.64 Å². The number of hydrogen-bond donors (Lipinski definition) is 0. The Labute approximate surface area is 120 Å². The molecule has 0 radical (unpaired) electrons. The Morgan fingerprint density at radius 2 is 2.32 bits per heavy atom. The van der Waals surface area contributed by atoms with E-state index in [2.05, 4.69) is 15.9 Å². The smallest absolute Gasteiger partial charge is 0.318 e. The van der Waals surface area contributed by atoms with E-state index >= 15 is 0 Å². The van der Waals surface area contributed by atoms with Crippen LogP contribution < -0.4 is 4.90 Å². The number of benzene rings is 1. The van der Waals surface area contributed by atoms with Crippen LogP contribution in [-0.4, -0.2) is 25.0 Å². The van der Waals surface area contributed by atoms with Gasteiger partial charge in [-0.05, 0) is 38.0 Å². The number of hydrogen-bond acceptors (Lipinski definition) is 3. The zero-order chi connectivity index (χ0) is 13.8. The highest BCUT2D eigenvalue weighted by atomic mass is 79.9. The molecule has 1 aliphatic rings. The summed E-state index contributed by atoms with van der Waals surface area (Å²) in [5, 5.41) is 0. The van der Waals surface area contributed by atoms with Crippen molar-refractivity contribution in [1.82, 2.24) is 0 Å². The molecule has 1 fully saturated rings. The summed E-state index contributed by atoms with van der Waals surface area (Å²) >= 11 is 3.39.